The van der Waals surface area contributed by atoms with Gasteiger partial charge in [0.1, 0.15) is 5.75 Å². The molecule has 0 unspecified atom stereocenters. The number of nitrogens with zero attached hydrogens (tertiary/aromatic N) is 1. The summed E-state index contributed by atoms with van der Waals surface area (Å²) in [6, 6.07) is 3.65. The lowest BCUT2D eigenvalue weighted by Crippen LogP contribution is -2.36. The van der Waals surface area contributed by atoms with Crippen LogP contribution in [0.15, 0.2) is 12.1 Å². The molecule has 0 aliphatic rings. The second-order valence-corrected chi connectivity index (χ2v) is 3.98. The fourth-order valence-corrected chi connectivity index (χ4v) is 1.67. The van der Waals surface area contributed by atoms with Crippen LogP contribution in [-0.4, -0.2) is 32.1 Å². The Kier molecular flexibility index (Phi) is 3.90. The predicted molar refractivity (Wildman–Crippen MR) is 63.6 cm³/mol. The molecule has 4 heteroatoms. The average molecular weight is 222 g/mol. The first-order chi connectivity index (χ1) is 7.45. The zero-order valence-electron chi connectivity index (χ0n) is 10.4. The first-order valence-corrected chi connectivity index (χ1v) is 5.09. The molecular formula is C12H18N2O2. The number of ether oxygens (including phenoxy) is 1. The van der Waals surface area contributed by atoms with Crippen LogP contribution in [0.2, 0.25) is 0 Å². The van der Waals surface area contributed by atoms with Gasteiger partial charge in [0.15, 0.2) is 0 Å². The minimum atomic E-state index is -0.112. The average Bonchev–Trinajstić information content (AvgIpc) is 2.16. The van der Waals surface area contributed by atoms with Gasteiger partial charge in [0.25, 0.3) is 5.91 Å². The van der Waals surface area contributed by atoms with Crippen LogP contribution in [0.25, 0.3) is 0 Å². The lowest BCUT2D eigenvalue weighted by molar-refractivity contribution is 0.0856. The van der Waals surface area contributed by atoms with E-state index in [1.54, 1.807) is 26.2 Å². The first kappa shape index (κ1) is 12.5. The van der Waals surface area contributed by atoms with Crippen molar-refractivity contribution in [3.63, 3.8) is 0 Å². The largest absolute Gasteiger partial charge is 0.496 e. The van der Waals surface area contributed by atoms with E-state index in [1.807, 2.05) is 26.0 Å². The monoisotopic (exact) mass is 222 g/mol. The molecule has 0 bridgehead atoms. The highest BCUT2D eigenvalue weighted by molar-refractivity contribution is 5.94. The third-order valence-electron chi connectivity index (χ3n) is 2.25. The van der Waals surface area contributed by atoms with Crippen LogP contribution in [0.3, 0.4) is 0 Å². The number of rotatable bonds is 3. The third-order valence-corrected chi connectivity index (χ3v) is 2.25. The number of carbonyl (C=O) groups is 1. The minimum Gasteiger partial charge on any atom is -0.496 e. The van der Waals surface area contributed by atoms with Crippen molar-refractivity contribution in [1.29, 1.82) is 0 Å². The molecule has 0 aromatic heterocycles. The standard InChI is InChI=1S/C12H18N2O2/c1-8-6-10(12(15)13-14(3)4)7-9(2)11(8)16-5/h6-7H,1-5H3,(H,13,15). The Labute approximate surface area is 96.2 Å². The highest BCUT2D eigenvalue weighted by Gasteiger charge is 2.11. The summed E-state index contributed by atoms with van der Waals surface area (Å²) in [6.07, 6.45) is 0. The number of hydrazine groups is 1. The van der Waals surface area contributed by atoms with Gasteiger partial charge in [0, 0.05) is 19.7 Å². The van der Waals surface area contributed by atoms with Crippen molar-refractivity contribution in [1.82, 2.24) is 10.4 Å². The van der Waals surface area contributed by atoms with E-state index < -0.39 is 0 Å². The quantitative estimate of drug-likeness (QED) is 0.788. The first-order valence-electron chi connectivity index (χ1n) is 5.09. The van der Waals surface area contributed by atoms with Gasteiger partial charge in [-0.05, 0) is 37.1 Å². The van der Waals surface area contributed by atoms with Crippen LogP contribution >= 0.6 is 0 Å². The molecule has 0 saturated heterocycles. The van der Waals surface area contributed by atoms with E-state index >= 15 is 0 Å². The minimum absolute atomic E-state index is 0.112. The highest BCUT2D eigenvalue weighted by atomic mass is 16.5. The Morgan fingerprint density at radius 3 is 2.12 bits per heavy atom. The van der Waals surface area contributed by atoms with Crippen molar-refractivity contribution in [2.75, 3.05) is 21.2 Å². The van der Waals surface area contributed by atoms with Gasteiger partial charge in [-0.15, -0.1) is 0 Å². The second-order valence-electron chi connectivity index (χ2n) is 3.98. The Balaban J connectivity index is 3.04. The third kappa shape index (κ3) is 2.73. The SMILES string of the molecule is COc1c(C)cc(C(=O)NN(C)C)cc1C. The molecule has 0 aliphatic carbocycles. The molecule has 88 valence electrons. The van der Waals surface area contributed by atoms with Crippen LogP contribution in [0, 0.1) is 13.8 Å². The number of carbonyl (C=O) groups excluding carboxylic acids is 1. The van der Waals surface area contributed by atoms with E-state index in [-0.39, 0.29) is 5.91 Å². The second kappa shape index (κ2) is 4.99. The van der Waals surface area contributed by atoms with Crippen LogP contribution < -0.4 is 10.2 Å². The van der Waals surface area contributed by atoms with Crippen LogP contribution in [0.5, 0.6) is 5.75 Å². The zero-order chi connectivity index (χ0) is 12.3. The lowest BCUT2D eigenvalue weighted by Gasteiger charge is -2.14. The Bertz CT molecular complexity index is 377. The van der Waals surface area contributed by atoms with Gasteiger partial charge < -0.3 is 4.74 Å². The number of amides is 1. The molecule has 0 aliphatic heterocycles. The molecule has 1 N–H and O–H groups in total. The fourth-order valence-electron chi connectivity index (χ4n) is 1.67. The molecule has 0 atom stereocenters. The fraction of sp³-hybridized carbons (Fsp3) is 0.417. The summed E-state index contributed by atoms with van der Waals surface area (Å²) in [5, 5.41) is 1.62. The Morgan fingerprint density at radius 1 is 1.25 bits per heavy atom. The summed E-state index contributed by atoms with van der Waals surface area (Å²) in [7, 11) is 5.19. The van der Waals surface area contributed by atoms with Gasteiger partial charge in [-0.3, -0.25) is 10.2 Å². The van der Waals surface area contributed by atoms with Gasteiger partial charge in [-0.2, -0.15) is 0 Å². The summed E-state index contributed by atoms with van der Waals surface area (Å²) >= 11 is 0. The Morgan fingerprint density at radius 2 is 1.75 bits per heavy atom. The Hall–Kier alpha value is -1.55. The van der Waals surface area contributed by atoms with E-state index in [2.05, 4.69) is 5.43 Å². The molecule has 0 heterocycles. The van der Waals surface area contributed by atoms with Crippen LogP contribution in [-0.2, 0) is 0 Å². The summed E-state index contributed by atoms with van der Waals surface area (Å²) in [6.45, 7) is 3.86. The molecule has 1 aromatic carbocycles. The summed E-state index contributed by atoms with van der Waals surface area (Å²) < 4.78 is 5.25. The molecule has 1 amide bonds. The summed E-state index contributed by atoms with van der Waals surface area (Å²) in [5.74, 6) is 0.722. The maximum Gasteiger partial charge on any atom is 0.265 e. The molecule has 4 nitrogen and oxygen atoms in total. The highest BCUT2D eigenvalue weighted by Crippen LogP contribution is 2.24. The summed E-state index contributed by atoms with van der Waals surface area (Å²) in [4.78, 5) is 11.8. The van der Waals surface area contributed by atoms with Crippen molar-refractivity contribution in [3.05, 3.63) is 28.8 Å². The molecule has 16 heavy (non-hydrogen) atoms. The van der Waals surface area contributed by atoms with Gasteiger partial charge in [0.2, 0.25) is 0 Å². The topological polar surface area (TPSA) is 41.6 Å². The van der Waals surface area contributed by atoms with E-state index in [4.69, 9.17) is 4.74 Å². The van der Waals surface area contributed by atoms with Crippen LogP contribution in [0.4, 0.5) is 0 Å². The smallest absolute Gasteiger partial charge is 0.265 e. The lowest BCUT2D eigenvalue weighted by atomic mass is 10.1. The molecule has 0 radical (unpaired) electrons. The molecular weight excluding hydrogens is 204 g/mol. The molecule has 0 fully saturated rings. The van der Waals surface area contributed by atoms with Crippen molar-refractivity contribution in [2.24, 2.45) is 0 Å². The molecule has 1 rings (SSSR count). The van der Waals surface area contributed by atoms with E-state index in [9.17, 15) is 4.79 Å². The van der Waals surface area contributed by atoms with Crippen molar-refractivity contribution >= 4 is 5.91 Å². The van der Waals surface area contributed by atoms with Crippen molar-refractivity contribution < 1.29 is 9.53 Å². The molecule has 0 spiro atoms. The van der Waals surface area contributed by atoms with Crippen LogP contribution in [0.1, 0.15) is 21.5 Å². The number of hydrogen-bond donors (Lipinski definition) is 1. The molecule has 0 saturated carbocycles. The van der Waals surface area contributed by atoms with Crippen molar-refractivity contribution in [2.45, 2.75) is 13.8 Å². The van der Waals surface area contributed by atoms with Gasteiger partial charge in [0.05, 0.1) is 7.11 Å². The number of nitrogens with one attached hydrogen (secondary N) is 1. The number of aryl methyl sites for hydroxylation is 2. The molecule has 1 aromatic rings. The predicted octanol–water partition coefficient (Wildman–Crippen LogP) is 1.52. The number of hydrogen-bond acceptors (Lipinski definition) is 3. The van der Waals surface area contributed by atoms with Gasteiger partial charge >= 0.3 is 0 Å². The van der Waals surface area contributed by atoms with Gasteiger partial charge in [-0.1, -0.05) is 0 Å². The zero-order valence-corrected chi connectivity index (χ0v) is 10.4. The van der Waals surface area contributed by atoms with E-state index in [0.717, 1.165) is 16.9 Å². The van der Waals surface area contributed by atoms with E-state index in [1.165, 1.54) is 0 Å². The van der Waals surface area contributed by atoms with Gasteiger partial charge in [-0.25, -0.2) is 5.01 Å². The number of benzene rings is 1. The van der Waals surface area contributed by atoms with Crippen molar-refractivity contribution in [3.8, 4) is 5.75 Å². The van der Waals surface area contributed by atoms with E-state index in [0.29, 0.717) is 5.56 Å². The number of methoxy groups -OCH3 is 1. The maximum atomic E-state index is 11.8. The maximum absolute atomic E-state index is 11.8. The summed E-state index contributed by atoms with van der Waals surface area (Å²) in [5.41, 5.74) is 5.28. The normalized spacial score (nSPS) is 10.4.